The number of nitrogens with one attached hydrogen (secondary N) is 5. The Hall–Kier alpha value is -4.05. The van der Waals surface area contributed by atoms with Crippen molar-refractivity contribution in [3.8, 4) is 0 Å². The van der Waals surface area contributed by atoms with Gasteiger partial charge in [-0.1, -0.05) is 13.8 Å². The molecule has 0 spiro atoms. The van der Waals surface area contributed by atoms with Crippen molar-refractivity contribution in [2.75, 3.05) is 6.54 Å². The number of carbonyl (C=O) groups excluding carboxylic acids is 4. The molecule has 0 saturated carbocycles. The minimum absolute atomic E-state index is 0.0894. The number of H-pyrrole nitrogens is 1. The van der Waals surface area contributed by atoms with Crippen molar-refractivity contribution in [2.45, 2.75) is 89.5 Å². The third-order valence-electron chi connectivity index (χ3n) is 6.23. The Labute approximate surface area is 237 Å². The molecule has 230 valence electrons. The predicted octanol–water partition coefficient (Wildman–Crippen LogP) is -2.03. The highest BCUT2D eigenvalue weighted by atomic mass is 16.4. The van der Waals surface area contributed by atoms with Gasteiger partial charge in [-0.15, -0.1) is 0 Å². The van der Waals surface area contributed by atoms with E-state index in [0.29, 0.717) is 25.1 Å². The molecular weight excluding hydrogens is 540 g/mol. The van der Waals surface area contributed by atoms with Crippen LogP contribution in [0.2, 0.25) is 0 Å². The minimum atomic E-state index is -1.31. The lowest BCUT2D eigenvalue weighted by Crippen LogP contribution is -2.58. The Kier molecular flexibility index (Phi) is 15.0. The maximum atomic E-state index is 13.2. The number of nitrogens with two attached hydrogens (primary N) is 2. The first-order valence-corrected chi connectivity index (χ1v) is 13.4. The summed E-state index contributed by atoms with van der Waals surface area (Å²) in [4.78, 5) is 80.9. The van der Waals surface area contributed by atoms with E-state index < -0.39 is 72.2 Å². The average molecular weight is 583 g/mol. The molecule has 1 aromatic rings. The van der Waals surface area contributed by atoms with Crippen LogP contribution < -0.4 is 32.7 Å². The molecule has 0 bridgehead atoms. The first kappa shape index (κ1) is 35.0. The molecule has 4 amide bonds. The summed E-state index contributed by atoms with van der Waals surface area (Å²) >= 11 is 0. The highest BCUT2D eigenvalue weighted by molar-refractivity contribution is 5.95. The zero-order valence-electron chi connectivity index (χ0n) is 23.5. The van der Waals surface area contributed by atoms with Gasteiger partial charge in [-0.25, -0.2) is 9.78 Å². The highest BCUT2D eigenvalue weighted by Gasteiger charge is 2.31. The van der Waals surface area contributed by atoms with E-state index in [0.717, 1.165) is 0 Å². The van der Waals surface area contributed by atoms with Crippen LogP contribution in [-0.4, -0.2) is 92.5 Å². The number of nitrogens with zero attached hydrogens (tertiary/aromatic N) is 1. The van der Waals surface area contributed by atoms with E-state index in [1.165, 1.54) is 19.4 Å². The van der Waals surface area contributed by atoms with Gasteiger partial charge in [0.1, 0.15) is 24.2 Å². The number of amides is 4. The summed E-state index contributed by atoms with van der Waals surface area (Å²) in [6, 6.07) is -5.90. The van der Waals surface area contributed by atoms with Gasteiger partial charge in [0, 0.05) is 24.7 Å². The smallest absolute Gasteiger partial charge is 0.326 e. The van der Waals surface area contributed by atoms with Crippen molar-refractivity contribution < 1.29 is 39.0 Å². The first-order valence-electron chi connectivity index (χ1n) is 13.4. The van der Waals surface area contributed by atoms with Gasteiger partial charge >= 0.3 is 11.9 Å². The molecule has 0 aliphatic rings. The van der Waals surface area contributed by atoms with Crippen LogP contribution >= 0.6 is 0 Å². The Morgan fingerprint density at radius 3 is 2.00 bits per heavy atom. The largest absolute Gasteiger partial charge is 0.481 e. The Morgan fingerprint density at radius 1 is 0.854 bits per heavy atom. The van der Waals surface area contributed by atoms with Crippen LogP contribution in [0.25, 0.3) is 0 Å². The molecule has 1 rings (SSSR count). The Balaban J connectivity index is 3.03. The molecule has 0 aliphatic heterocycles. The van der Waals surface area contributed by atoms with Crippen molar-refractivity contribution in [1.82, 2.24) is 31.2 Å². The van der Waals surface area contributed by atoms with Crippen LogP contribution in [0.3, 0.4) is 0 Å². The number of rotatable bonds is 19. The fourth-order valence-electron chi connectivity index (χ4n) is 3.63. The van der Waals surface area contributed by atoms with E-state index in [4.69, 9.17) is 16.6 Å². The number of unbranched alkanes of at least 4 members (excludes halogenated alkanes) is 1. The Morgan fingerprint density at radius 2 is 1.46 bits per heavy atom. The molecule has 0 fully saturated rings. The maximum Gasteiger partial charge on any atom is 0.326 e. The zero-order chi connectivity index (χ0) is 31.1. The van der Waals surface area contributed by atoms with Gasteiger partial charge in [0.15, 0.2) is 0 Å². The van der Waals surface area contributed by atoms with Crippen LogP contribution in [0, 0.1) is 5.92 Å². The number of aliphatic carboxylic acids is 2. The fraction of sp³-hybridized carbons (Fsp3) is 0.640. The minimum Gasteiger partial charge on any atom is -0.481 e. The summed E-state index contributed by atoms with van der Waals surface area (Å²) in [5.74, 6) is -5.72. The molecule has 0 aliphatic carbocycles. The molecule has 0 radical (unpaired) electrons. The van der Waals surface area contributed by atoms with E-state index in [2.05, 4.69) is 31.2 Å². The lowest BCUT2D eigenvalue weighted by molar-refractivity contribution is -0.142. The normalized spacial score (nSPS) is 14.7. The molecule has 1 aromatic heterocycles. The number of carboxylic acid groups (broad SMARTS) is 2. The van der Waals surface area contributed by atoms with Crippen LogP contribution in [0.5, 0.6) is 0 Å². The molecule has 5 atom stereocenters. The molecular formula is C25H42N8O8. The summed E-state index contributed by atoms with van der Waals surface area (Å²) < 4.78 is 0. The molecule has 41 heavy (non-hydrogen) atoms. The monoisotopic (exact) mass is 582 g/mol. The quantitative estimate of drug-likeness (QED) is 0.0802. The average Bonchev–Trinajstić information content (AvgIpc) is 3.42. The highest BCUT2D eigenvalue weighted by Crippen LogP contribution is 2.06. The molecule has 16 heteroatoms. The van der Waals surface area contributed by atoms with Crippen LogP contribution in [0.1, 0.15) is 58.6 Å². The zero-order valence-corrected chi connectivity index (χ0v) is 23.5. The summed E-state index contributed by atoms with van der Waals surface area (Å²) in [6.45, 7) is 5.14. The SMILES string of the molecule is CC(C)[C@H](N)C(=O)N[C@@H](CCC(=O)O)C(=O)N[C@@H](Cc1cnc[nH]1)C(=O)N[C@@H](C)C(=O)N[C@@H](CCCCN)C(=O)O. The van der Waals surface area contributed by atoms with Crippen LogP contribution in [-0.2, 0) is 35.2 Å². The summed E-state index contributed by atoms with van der Waals surface area (Å²) in [5, 5.41) is 28.3. The number of carbonyl (C=O) groups is 6. The molecule has 11 N–H and O–H groups in total. The van der Waals surface area contributed by atoms with Crippen molar-refractivity contribution in [3.63, 3.8) is 0 Å². The number of hydrogen-bond donors (Lipinski definition) is 9. The van der Waals surface area contributed by atoms with Gasteiger partial charge in [0.2, 0.25) is 23.6 Å². The molecule has 0 saturated heterocycles. The van der Waals surface area contributed by atoms with E-state index in [-0.39, 0.29) is 25.2 Å². The molecule has 16 nitrogen and oxygen atoms in total. The second-order valence-corrected chi connectivity index (χ2v) is 10.0. The van der Waals surface area contributed by atoms with E-state index >= 15 is 0 Å². The van der Waals surface area contributed by atoms with Crippen molar-refractivity contribution in [3.05, 3.63) is 18.2 Å². The van der Waals surface area contributed by atoms with Crippen molar-refractivity contribution in [1.29, 1.82) is 0 Å². The number of aromatic amines is 1. The van der Waals surface area contributed by atoms with Gasteiger partial charge in [-0.2, -0.15) is 0 Å². The third-order valence-corrected chi connectivity index (χ3v) is 6.23. The van der Waals surface area contributed by atoms with Gasteiger partial charge in [0.25, 0.3) is 0 Å². The van der Waals surface area contributed by atoms with Gasteiger partial charge in [0.05, 0.1) is 12.4 Å². The van der Waals surface area contributed by atoms with E-state index in [1.807, 2.05) is 0 Å². The van der Waals surface area contributed by atoms with Gasteiger partial charge < -0.3 is 47.9 Å². The summed E-state index contributed by atoms with van der Waals surface area (Å²) in [5.41, 5.74) is 11.8. The summed E-state index contributed by atoms with van der Waals surface area (Å²) in [6.07, 6.45) is 3.20. The topological polar surface area (TPSA) is 272 Å². The second-order valence-electron chi connectivity index (χ2n) is 10.0. The van der Waals surface area contributed by atoms with Crippen LogP contribution in [0.4, 0.5) is 0 Å². The maximum absolute atomic E-state index is 13.2. The van der Waals surface area contributed by atoms with Crippen LogP contribution in [0.15, 0.2) is 12.5 Å². The van der Waals surface area contributed by atoms with Crippen molar-refractivity contribution >= 4 is 35.6 Å². The molecule has 0 aromatic carbocycles. The number of imidazole rings is 1. The van der Waals surface area contributed by atoms with Gasteiger partial charge in [-0.3, -0.25) is 24.0 Å². The standard InChI is InChI=1S/C25H42N8O8/c1-13(2)20(27)24(39)31-16(7-8-19(34)35)22(37)33-18(10-15-11-28-12-29-15)23(38)30-14(3)21(36)32-17(25(40)41)6-4-5-9-26/h11-14,16-18,20H,4-10,26-27H2,1-3H3,(H,28,29)(H,30,38)(H,31,39)(H,32,36)(H,33,37)(H,34,35)(H,40,41)/t14-,16-,17-,18-,20-/m0/s1. The van der Waals surface area contributed by atoms with E-state index in [1.54, 1.807) is 13.8 Å². The van der Waals surface area contributed by atoms with Crippen molar-refractivity contribution in [2.24, 2.45) is 17.4 Å². The number of carboxylic acids is 2. The molecule has 1 heterocycles. The third kappa shape index (κ3) is 12.8. The lowest BCUT2D eigenvalue weighted by atomic mass is 10.0. The second kappa shape index (κ2) is 17.6. The lowest BCUT2D eigenvalue weighted by Gasteiger charge is -2.25. The predicted molar refractivity (Wildman–Crippen MR) is 146 cm³/mol. The fourth-order valence-corrected chi connectivity index (χ4v) is 3.63. The van der Waals surface area contributed by atoms with E-state index in [9.17, 15) is 33.9 Å². The number of aromatic nitrogens is 2. The summed E-state index contributed by atoms with van der Waals surface area (Å²) in [7, 11) is 0. The first-order chi connectivity index (χ1) is 19.3. The Bertz CT molecular complexity index is 1030. The molecule has 0 unspecified atom stereocenters. The van der Waals surface area contributed by atoms with Gasteiger partial charge in [-0.05, 0) is 45.1 Å². The number of hydrogen-bond acceptors (Lipinski definition) is 9.